The molecule has 0 aliphatic heterocycles. The van der Waals surface area contributed by atoms with Crippen LogP contribution in [0.3, 0.4) is 0 Å². The molecule has 5 heteroatoms. The number of aliphatic carboxylic acids is 1. The molecule has 16 heavy (non-hydrogen) atoms. The van der Waals surface area contributed by atoms with Crippen molar-refractivity contribution in [2.24, 2.45) is 0 Å². The summed E-state index contributed by atoms with van der Waals surface area (Å²) in [5.41, 5.74) is 1.43. The first-order valence-electron chi connectivity index (χ1n) is 4.64. The van der Waals surface area contributed by atoms with E-state index in [9.17, 15) is 18.7 Å². The molecule has 0 saturated carbocycles. The Labute approximate surface area is 91.3 Å². The lowest BCUT2D eigenvalue weighted by Crippen LogP contribution is -2.30. The molecule has 3 nitrogen and oxygen atoms in total. The third-order valence-electron chi connectivity index (χ3n) is 2.42. The van der Waals surface area contributed by atoms with Gasteiger partial charge >= 0.3 is 11.9 Å². The number of phenolic OH excluding ortho intramolecular Hbond substituents is 1. The largest absolute Gasteiger partial charge is 0.508 e. The van der Waals surface area contributed by atoms with Crippen LogP contribution in [0.2, 0.25) is 0 Å². The highest BCUT2D eigenvalue weighted by Crippen LogP contribution is 2.28. The van der Waals surface area contributed by atoms with Gasteiger partial charge in [-0.15, -0.1) is 0 Å². The highest BCUT2D eigenvalue weighted by atomic mass is 19.3. The van der Waals surface area contributed by atoms with Crippen LogP contribution >= 0.6 is 0 Å². The SMILES string of the molecule is Cc1cc(O)c(CC(F)(F)C(=O)O)cc1C. The van der Waals surface area contributed by atoms with Gasteiger partial charge in [-0.05, 0) is 31.0 Å². The second-order valence-electron chi connectivity index (χ2n) is 3.75. The van der Waals surface area contributed by atoms with Crippen LogP contribution in [0.1, 0.15) is 16.7 Å². The lowest BCUT2D eigenvalue weighted by atomic mass is 10.0. The lowest BCUT2D eigenvalue weighted by Gasteiger charge is -2.13. The highest BCUT2D eigenvalue weighted by Gasteiger charge is 2.39. The molecule has 0 aromatic heterocycles. The molecule has 1 aromatic carbocycles. The van der Waals surface area contributed by atoms with E-state index >= 15 is 0 Å². The molecule has 0 heterocycles. The van der Waals surface area contributed by atoms with Gasteiger partial charge in [0.2, 0.25) is 0 Å². The van der Waals surface area contributed by atoms with Gasteiger partial charge in [0.05, 0.1) is 6.42 Å². The van der Waals surface area contributed by atoms with Crippen LogP contribution in [-0.2, 0) is 11.2 Å². The molecular weight excluding hydrogens is 218 g/mol. The molecule has 0 saturated heterocycles. The Morgan fingerprint density at radius 1 is 1.31 bits per heavy atom. The van der Waals surface area contributed by atoms with Crippen LogP contribution in [0, 0.1) is 13.8 Å². The first-order valence-corrected chi connectivity index (χ1v) is 4.64. The molecule has 0 spiro atoms. The Bertz CT molecular complexity index is 427. The molecule has 0 amide bonds. The second-order valence-corrected chi connectivity index (χ2v) is 3.75. The summed E-state index contributed by atoms with van der Waals surface area (Å²) < 4.78 is 25.9. The highest BCUT2D eigenvalue weighted by molar-refractivity contribution is 5.75. The molecule has 0 bridgehead atoms. The van der Waals surface area contributed by atoms with Crippen molar-refractivity contribution in [3.8, 4) is 5.75 Å². The average Bonchev–Trinajstić information content (AvgIpc) is 2.13. The molecule has 2 N–H and O–H groups in total. The van der Waals surface area contributed by atoms with Crippen LogP contribution in [0.5, 0.6) is 5.75 Å². The molecular formula is C11H12F2O3. The number of benzene rings is 1. The minimum atomic E-state index is -3.86. The zero-order valence-electron chi connectivity index (χ0n) is 8.92. The fourth-order valence-electron chi connectivity index (χ4n) is 1.32. The molecule has 0 fully saturated rings. The molecule has 0 aliphatic rings. The predicted molar refractivity (Wildman–Crippen MR) is 53.9 cm³/mol. The van der Waals surface area contributed by atoms with E-state index in [1.54, 1.807) is 13.8 Å². The van der Waals surface area contributed by atoms with Gasteiger partial charge < -0.3 is 10.2 Å². The maximum atomic E-state index is 12.9. The summed E-state index contributed by atoms with van der Waals surface area (Å²) in [5, 5.41) is 17.7. The van der Waals surface area contributed by atoms with E-state index in [2.05, 4.69) is 0 Å². The Morgan fingerprint density at radius 2 is 1.81 bits per heavy atom. The minimum Gasteiger partial charge on any atom is -0.508 e. The van der Waals surface area contributed by atoms with Crippen LogP contribution < -0.4 is 0 Å². The normalized spacial score (nSPS) is 11.5. The summed E-state index contributed by atoms with van der Waals surface area (Å²) >= 11 is 0. The Kier molecular flexibility index (Phi) is 3.16. The third kappa shape index (κ3) is 2.48. The predicted octanol–water partition coefficient (Wildman–Crippen LogP) is 2.27. The minimum absolute atomic E-state index is 0.0597. The van der Waals surface area contributed by atoms with Gasteiger partial charge in [-0.3, -0.25) is 0 Å². The van der Waals surface area contributed by atoms with Gasteiger partial charge in [0.1, 0.15) is 5.75 Å². The van der Waals surface area contributed by atoms with E-state index in [0.717, 1.165) is 11.1 Å². The summed E-state index contributed by atoms with van der Waals surface area (Å²) in [6.45, 7) is 3.44. The van der Waals surface area contributed by atoms with Gasteiger partial charge in [0.25, 0.3) is 0 Å². The van der Waals surface area contributed by atoms with E-state index in [4.69, 9.17) is 5.11 Å². The molecule has 0 radical (unpaired) electrons. The van der Waals surface area contributed by atoms with Crippen molar-refractivity contribution < 1.29 is 23.8 Å². The molecule has 88 valence electrons. The summed E-state index contributed by atoms with van der Waals surface area (Å²) in [6.07, 6.45) is -1.00. The maximum absolute atomic E-state index is 12.9. The first-order chi connectivity index (χ1) is 7.24. The number of aryl methyl sites for hydroxylation is 2. The number of carboxylic acid groups (broad SMARTS) is 1. The van der Waals surface area contributed by atoms with E-state index in [1.807, 2.05) is 0 Å². The standard InChI is InChI=1S/C11H12F2O3/c1-6-3-8(9(14)4-7(6)2)5-11(12,13)10(15)16/h3-4,14H,5H2,1-2H3,(H,15,16). The van der Waals surface area contributed by atoms with Crippen molar-refractivity contribution in [1.82, 2.24) is 0 Å². The molecule has 1 rings (SSSR count). The lowest BCUT2D eigenvalue weighted by molar-refractivity contribution is -0.164. The summed E-state index contributed by atoms with van der Waals surface area (Å²) in [4.78, 5) is 10.3. The summed E-state index contributed by atoms with van der Waals surface area (Å²) in [6, 6.07) is 2.73. The first kappa shape index (κ1) is 12.4. The fraction of sp³-hybridized carbons (Fsp3) is 0.364. The average molecular weight is 230 g/mol. The van der Waals surface area contributed by atoms with Crippen LogP contribution in [0.25, 0.3) is 0 Å². The number of carboxylic acids is 1. The fourth-order valence-corrected chi connectivity index (χ4v) is 1.32. The smallest absolute Gasteiger partial charge is 0.374 e. The van der Waals surface area contributed by atoms with Gasteiger partial charge in [0, 0.05) is 5.56 Å². The van der Waals surface area contributed by atoms with Crippen LogP contribution in [0.4, 0.5) is 8.78 Å². The van der Waals surface area contributed by atoms with Crippen molar-refractivity contribution >= 4 is 5.97 Å². The van der Waals surface area contributed by atoms with Crippen molar-refractivity contribution in [2.75, 3.05) is 0 Å². The van der Waals surface area contributed by atoms with Crippen molar-refractivity contribution in [3.05, 3.63) is 28.8 Å². The maximum Gasteiger partial charge on any atom is 0.374 e. The zero-order chi connectivity index (χ0) is 12.5. The van der Waals surface area contributed by atoms with Crippen LogP contribution in [-0.4, -0.2) is 22.1 Å². The van der Waals surface area contributed by atoms with Gasteiger partial charge in [-0.1, -0.05) is 6.07 Å². The number of halogens is 2. The Morgan fingerprint density at radius 3 is 2.31 bits per heavy atom. The van der Waals surface area contributed by atoms with Crippen LogP contribution in [0.15, 0.2) is 12.1 Å². The van der Waals surface area contributed by atoms with Gasteiger partial charge in [-0.25, -0.2) is 4.79 Å². The molecule has 0 unspecified atom stereocenters. The number of phenols is 1. The van der Waals surface area contributed by atoms with E-state index in [0.29, 0.717) is 0 Å². The quantitative estimate of drug-likeness (QED) is 0.837. The number of carbonyl (C=O) groups is 1. The number of aromatic hydroxyl groups is 1. The molecule has 0 aliphatic carbocycles. The number of rotatable bonds is 3. The zero-order valence-corrected chi connectivity index (χ0v) is 8.92. The monoisotopic (exact) mass is 230 g/mol. The number of hydrogen-bond acceptors (Lipinski definition) is 2. The second kappa shape index (κ2) is 4.08. The van der Waals surface area contributed by atoms with E-state index < -0.39 is 18.3 Å². The number of alkyl halides is 2. The van der Waals surface area contributed by atoms with Crippen molar-refractivity contribution in [2.45, 2.75) is 26.2 Å². The Balaban J connectivity index is 3.07. The van der Waals surface area contributed by atoms with E-state index in [1.165, 1.54) is 12.1 Å². The van der Waals surface area contributed by atoms with Crippen molar-refractivity contribution in [1.29, 1.82) is 0 Å². The van der Waals surface area contributed by atoms with Gasteiger partial charge in [0.15, 0.2) is 0 Å². The van der Waals surface area contributed by atoms with Crippen molar-refractivity contribution in [3.63, 3.8) is 0 Å². The van der Waals surface area contributed by atoms with Gasteiger partial charge in [-0.2, -0.15) is 8.78 Å². The molecule has 1 aromatic rings. The topological polar surface area (TPSA) is 57.5 Å². The Hall–Kier alpha value is -1.65. The summed E-state index contributed by atoms with van der Waals surface area (Å²) in [7, 11) is 0. The third-order valence-corrected chi connectivity index (χ3v) is 2.42. The summed E-state index contributed by atoms with van der Waals surface area (Å²) in [5.74, 6) is -6.35. The van der Waals surface area contributed by atoms with E-state index in [-0.39, 0.29) is 11.3 Å². The molecule has 0 atom stereocenters. The number of hydrogen-bond donors (Lipinski definition) is 2.